The lowest BCUT2D eigenvalue weighted by atomic mass is 10.1. The smallest absolute Gasteiger partial charge is 0.327 e. The Morgan fingerprint density at radius 1 is 1.11 bits per heavy atom. The molecule has 142 valence electrons. The van der Waals surface area contributed by atoms with E-state index in [4.69, 9.17) is 0 Å². The van der Waals surface area contributed by atoms with Crippen molar-refractivity contribution >= 4 is 33.4 Å². The molecule has 0 saturated carbocycles. The Morgan fingerprint density at radius 3 is 2.48 bits per heavy atom. The summed E-state index contributed by atoms with van der Waals surface area (Å²) < 4.78 is 39.5. The molecular formula is C19H16BrF3N2O2. The van der Waals surface area contributed by atoms with Crippen molar-refractivity contribution in [1.29, 1.82) is 0 Å². The maximum Gasteiger partial charge on any atom is 0.416 e. The van der Waals surface area contributed by atoms with E-state index in [9.17, 15) is 22.8 Å². The van der Waals surface area contributed by atoms with Crippen LogP contribution in [0.3, 0.4) is 0 Å². The predicted octanol–water partition coefficient (Wildman–Crippen LogP) is 4.71. The highest BCUT2D eigenvalue weighted by Crippen LogP contribution is 2.30. The lowest BCUT2D eigenvalue weighted by molar-refractivity contribution is -0.137. The minimum absolute atomic E-state index is 0.0758. The first-order chi connectivity index (χ1) is 12.8. The van der Waals surface area contributed by atoms with Crippen molar-refractivity contribution in [3.8, 4) is 0 Å². The van der Waals surface area contributed by atoms with Crippen LogP contribution in [0.25, 0.3) is 0 Å². The number of carbonyl (C=O) groups excluding carboxylic acids is 2. The highest BCUT2D eigenvalue weighted by atomic mass is 79.9. The summed E-state index contributed by atoms with van der Waals surface area (Å²) in [6.07, 6.45) is -3.45. The summed E-state index contributed by atoms with van der Waals surface area (Å²) in [6.45, 7) is 0.327. The fourth-order valence-electron chi connectivity index (χ4n) is 3.04. The average Bonchev–Trinajstić information content (AvgIpc) is 3.12. The van der Waals surface area contributed by atoms with Crippen LogP contribution >= 0.6 is 15.9 Å². The second-order valence-corrected chi connectivity index (χ2v) is 7.15. The van der Waals surface area contributed by atoms with E-state index in [1.165, 1.54) is 17.0 Å². The van der Waals surface area contributed by atoms with E-state index in [-0.39, 0.29) is 11.5 Å². The Morgan fingerprint density at radius 2 is 1.81 bits per heavy atom. The number of hydrogen-bond acceptors (Lipinski definition) is 2. The van der Waals surface area contributed by atoms with Crippen LogP contribution in [0.15, 0.2) is 53.0 Å². The molecule has 4 nitrogen and oxygen atoms in total. The Kier molecular flexibility index (Phi) is 5.55. The van der Waals surface area contributed by atoms with Gasteiger partial charge < -0.3 is 10.2 Å². The van der Waals surface area contributed by atoms with Gasteiger partial charge in [0.1, 0.15) is 6.04 Å². The molecule has 2 amide bonds. The average molecular weight is 441 g/mol. The third-order valence-electron chi connectivity index (χ3n) is 4.36. The van der Waals surface area contributed by atoms with Gasteiger partial charge in [0.2, 0.25) is 5.91 Å². The first kappa shape index (κ1) is 19.4. The van der Waals surface area contributed by atoms with E-state index in [0.29, 0.717) is 25.1 Å². The summed E-state index contributed by atoms with van der Waals surface area (Å²) >= 11 is 3.31. The van der Waals surface area contributed by atoms with Crippen LogP contribution in [0.5, 0.6) is 0 Å². The summed E-state index contributed by atoms with van der Waals surface area (Å²) in [5, 5.41) is 2.75. The SMILES string of the molecule is O=C(Nc1ccc(Br)cc1)[C@H]1CCCN1C(=O)c1cccc(C(F)(F)F)c1. The van der Waals surface area contributed by atoms with Crippen LogP contribution in [-0.4, -0.2) is 29.3 Å². The number of carbonyl (C=O) groups is 2. The van der Waals surface area contributed by atoms with Gasteiger partial charge in [0.15, 0.2) is 0 Å². The molecular weight excluding hydrogens is 425 g/mol. The maximum absolute atomic E-state index is 12.9. The lowest BCUT2D eigenvalue weighted by Gasteiger charge is -2.24. The number of amides is 2. The Labute approximate surface area is 162 Å². The Balaban J connectivity index is 1.76. The molecule has 0 aromatic heterocycles. The Hall–Kier alpha value is -2.35. The normalized spacial score (nSPS) is 17.0. The summed E-state index contributed by atoms with van der Waals surface area (Å²) in [5.74, 6) is -0.926. The predicted molar refractivity (Wildman–Crippen MR) is 98.3 cm³/mol. The fourth-order valence-corrected chi connectivity index (χ4v) is 3.30. The molecule has 8 heteroatoms. The monoisotopic (exact) mass is 440 g/mol. The highest BCUT2D eigenvalue weighted by Gasteiger charge is 2.36. The van der Waals surface area contributed by atoms with Crippen LogP contribution < -0.4 is 5.32 Å². The maximum atomic E-state index is 12.9. The van der Waals surface area contributed by atoms with Crippen molar-refractivity contribution in [3.05, 3.63) is 64.1 Å². The molecule has 1 atom stereocenters. The van der Waals surface area contributed by atoms with E-state index in [1.54, 1.807) is 24.3 Å². The molecule has 1 aliphatic rings. The summed E-state index contributed by atoms with van der Waals surface area (Å²) in [5.41, 5.74) is -0.377. The van der Waals surface area contributed by atoms with E-state index in [2.05, 4.69) is 21.2 Å². The number of nitrogens with zero attached hydrogens (tertiary/aromatic N) is 1. The van der Waals surface area contributed by atoms with Gasteiger partial charge in [-0.15, -0.1) is 0 Å². The van der Waals surface area contributed by atoms with Crippen LogP contribution in [0.1, 0.15) is 28.8 Å². The minimum atomic E-state index is -4.53. The summed E-state index contributed by atoms with van der Waals surface area (Å²) in [7, 11) is 0. The zero-order valence-electron chi connectivity index (χ0n) is 14.1. The zero-order valence-corrected chi connectivity index (χ0v) is 15.7. The first-order valence-electron chi connectivity index (χ1n) is 8.30. The van der Waals surface area contributed by atoms with E-state index < -0.39 is 23.7 Å². The van der Waals surface area contributed by atoms with Gasteiger partial charge in [-0.05, 0) is 55.3 Å². The Bertz CT molecular complexity index is 853. The highest BCUT2D eigenvalue weighted by molar-refractivity contribution is 9.10. The standard InChI is InChI=1S/C19H16BrF3N2O2/c20-14-6-8-15(9-7-14)24-17(26)16-5-2-10-25(16)18(27)12-3-1-4-13(11-12)19(21,22)23/h1,3-4,6-9,11,16H,2,5,10H2,(H,24,26)/t16-/m1/s1. The minimum Gasteiger partial charge on any atom is -0.327 e. The van der Waals surface area contributed by atoms with E-state index in [1.807, 2.05) is 0 Å². The molecule has 27 heavy (non-hydrogen) atoms. The van der Waals surface area contributed by atoms with Gasteiger partial charge >= 0.3 is 6.18 Å². The summed E-state index contributed by atoms with van der Waals surface area (Å²) in [4.78, 5) is 26.6. The van der Waals surface area contributed by atoms with Crippen molar-refractivity contribution in [2.45, 2.75) is 25.1 Å². The van der Waals surface area contributed by atoms with Crippen LogP contribution in [0.4, 0.5) is 18.9 Å². The number of anilines is 1. The number of nitrogens with one attached hydrogen (secondary N) is 1. The van der Waals surface area contributed by atoms with Crippen LogP contribution in [-0.2, 0) is 11.0 Å². The largest absolute Gasteiger partial charge is 0.416 e. The molecule has 1 heterocycles. The third kappa shape index (κ3) is 4.50. The number of likely N-dealkylation sites (tertiary alicyclic amines) is 1. The fraction of sp³-hybridized carbons (Fsp3) is 0.263. The molecule has 1 fully saturated rings. The number of alkyl halides is 3. The lowest BCUT2D eigenvalue weighted by Crippen LogP contribution is -2.43. The van der Waals surface area contributed by atoms with Crippen molar-refractivity contribution in [2.75, 3.05) is 11.9 Å². The van der Waals surface area contributed by atoms with Crippen LogP contribution in [0, 0.1) is 0 Å². The number of rotatable bonds is 3. The molecule has 1 saturated heterocycles. The van der Waals surface area contributed by atoms with E-state index in [0.717, 1.165) is 16.6 Å². The van der Waals surface area contributed by atoms with Gasteiger partial charge in [-0.3, -0.25) is 9.59 Å². The van der Waals surface area contributed by atoms with Gasteiger partial charge in [-0.2, -0.15) is 13.2 Å². The zero-order chi connectivity index (χ0) is 19.6. The van der Waals surface area contributed by atoms with Crippen molar-refractivity contribution in [2.24, 2.45) is 0 Å². The van der Waals surface area contributed by atoms with Gasteiger partial charge in [0, 0.05) is 22.3 Å². The molecule has 2 aromatic carbocycles. The van der Waals surface area contributed by atoms with Gasteiger partial charge in [-0.25, -0.2) is 0 Å². The van der Waals surface area contributed by atoms with Crippen molar-refractivity contribution < 1.29 is 22.8 Å². The second kappa shape index (κ2) is 7.72. The summed E-state index contributed by atoms with van der Waals surface area (Å²) in [6, 6.07) is 10.5. The van der Waals surface area contributed by atoms with Gasteiger partial charge in [-0.1, -0.05) is 22.0 Å². The van der Waals surface area contributed by atoms with Crippen LogP contribution in [0.2, 0.25) is 0 Å². The van der Waals surface area contributed by atoms with Gasteiger partial charge in [0.25, 0.3) is 5.91 Å². The van der Waals surface area contributed by atoms with Gasteiger partial charge in [0.05, 0.1) is 5.56 Å². The number of hydrogen-bond donors (Lipinski definition) is 1. The molecule has 1 N–H and O–H groups in total. The number of benzene rings is 2. The second-order valence-electron chi connectivity index (χ2n) is 6.23. The third-order valence-corrected chi connectivity index (χ3v) is 4.89. The topological polar surface area (TPSA) is 49.4 Å². The van der Waals surface area contributed by atoms with Crippen molar-refractivity contribution in [1.82, 2.24) is 4.90 Å². The first-order valence-corrected chi connectivity index (χ1v) is 9.09. The molecule has 3 rings (SSSR count). The molecule has 0 radical (unpaired) electrons. The molecule has 0 aliphatic carbocycles. The quantitative estimate of drug-likeness (QED) is 0.750. The van der Waals surface area contributed by atoms with E-state index >= 15 is 0 Å². The molecule has 0 bridgehead atoms. The number of halogens is 4. The molecule has 1 aliphatic heterocycles. The molecule has 2 aromatic rings. The van der Waals surface area contributed by atoms with Crippen molar-refractivity contribution in [3.63, 3.8) is 0 Å². The molecule has 0 spiro atoms. The molecule has 0 unspecified atom stereocenters.